The maximum atomic E-state index is 12.0. The standard InChI is InChI=1S/C12H12ClN5O2S/c1-5-8(11(20)17-16-5)6(4-7(14)19)9-10(13)15-12-18(9)2-3-21-12/h2-3,6H,4H2,1H3,(H2,14,19)(H2,16,17,20)/t6-/m1/s1. The number of imidazole rings is 1. The molecule has 3 rings (SSSR count). The summed E-state index contributed by atoms with van der Waals surface area (Å²) in [6.45, 7) is 1.75. The Morgan fingerprint density at radius 2 is 2.33 bits per heavy atom. The number of hydrogen-bond acceptors (Lipinski definition) is 4. The SMILES string of the molecule is Cc1[nH][nH]c(=O)c1[C@@H](CC(N)=O)c1c(Cl)nc2sccn12. The molecule has 3 aromatic rings. The zero-order chi connectivity index (χ0) is 15.1. The highest BCUT2D eigenvalue weighted by Gasteiger charge is 2.29. The van der Waals surface area contributed by atoms with Crippen LogP contribution in [0.25, 0.3) is 4.96 Å². The number of aromatic amines is 2. The molecule has 110 valence electrons. The number of hydrogen-bond donors (Lipinski definition) is 3. The van der Waals surface area contributed by atoms with Crippen molar-refractivity contribution in [3.05, 3.63) is 44.0 Å². The largest absolute Gasteiger partial charge is 0.370 e. The van der Waals surface area contributed by atoms with Gasteiger partial charge in [-0.15, -0.1) is 11.3 Å². The minimum atomic E-state index is -0.547. The Kier molecular flexibility index (Phi) is 3.34. The van der Waals surface area contributed by atoms with Crippen LogP contribution in [0.2, 0.25) is 5.15 Å². The Morgan fingerprint density at radius 1 is 1.57 bits per heavy atom. The summed E-state index contributed by atoms with van der Waals surface area (Å²) in [5, 5.41) is 7.40. The van der Waals surface area contributed by atoms with Crippen molar-refractivity contribution < 1.29 is 4.79 Å². The Balaban J connectivity index is 2.25. The number of aryl methyl sites for hydroxylation is 1. The van der Waals surface area contributed by atoms with Gasteiger partial charge in [-0.05, 0) is 6.92 Å². The molecule has 0 aliphatic rings. The fourth-order valence-electron chi connectivity index (χ4n) is 2.50. The molecule has 0 unspecified atom stereocenters. The first-order chi connectivity index (χ1) is 9.99. The molecule has 0 saturated carbocycles. The number of nitrogens with one attached hydrogen (secondary N) is 2. The van der Waals surface area contributed by atoms with Crippen molar-refractivity contribution in [2.75, 3.05) is 0 Å². The number of fused-ring (bicyclic) bond motifs is 1. The Bertz CT molecular complexity index is 874. The highest BCUT2D eigenvalue weighted by atomic mass is 35.5. The van der Waals surface area contributed by atoms with E-state index < -0.39 is 11.8 Å². The summed E-state index contributed by atoms with van der Waals surface area (Å²) < 4.78 is 1.78. The number of halogens is 1. The van der Waals surface area contributed by atoms with Crippen LogP contribution in [-0.4, -0.2) is 25.5 Å². The maximum absolute atomic E-state index is 12.0. The van der Waals surface area contributed by atoms with Gasteiger partial charge in [0.2, 0.25) is 5.91 Å². The van der Waals surface area contributed by atoms with Crippen molar-refractivity contribution in [1.82, 2.24) is 19.6 Å². The number of amides is 1. The fraction of sp³-hybridized carbons (Fsp3) is 0.250. The Hall–Kier alpha value is -2.06. The highest BCUT2D eigenvalue weighted by Crippen LogP contribution is 2.34. The van der Waals surface area contributed by atoms with Gasteiger partial charge in [0.15, 0.2) is 10.1 Å². The quantitative estimate of drug-likeness (QED) is 0.674. The summed E-state index contributed by atoms with van der Waals surface area (Å²) in [7, 11) is 0. The molecule has 3 heterocycles. The molecule has 1 atom stereocenters. The summed E-state index contributed by atoms with van der Waals surface area (Å²) in [5.74, 6) is -1.06. The van der Waals surface area contributed by atoms with Crippen molar-refractivity contribution in [3.8, 4) is 0 Å². The van der Waals surface area contributed by atoms with Crippen molar-refractivity contribution in [3.63, 3.8) is 0 Å². The zero-order valence-electron chi connectivity index (χ0n) is 11.0. The molecule has 21 heavy (non-hydrogen) atoms. The van der Waals surface area contributed by atoms with Gasteiger partial charge in [0.25, 0.3) is 5.56 Å². The van der Waals surface area contributed by atoms with Gasteiger partial charge in [-0.25, -0.2) is 4.98 Å². The van der Waals surface area contributed by atoms with Gasteiger partial charge in [0, 0.05) is 35.2 Å². The Labute approximate surface area is 127 Å². The number of nitrogens with zero attached hydrogens (tertiary/aromatic N) is 2. The van der Waals surface area contributed by atoms with Crippen molar-refractivity contribution in [2.45, 2.75) is 19.3 Å². The number of aromatic nitrogens is 4. The predicted octanol–water partition coefficient (Wildman–Crippen LogP) is 1.38. The molecule has 0 saturated heterocycles. The van der Waals surface area contributed by atoms with E-state index in [9.17, 15) is 9.59 Å². The van der Waals surface area contributed by atoms with Crippen LogP contribution in [-0.2, 0) is 4.79 Å². The lowest BCUT2D eigenvalue weighted by atomic mass is 9.92. The summed E-state index contributed by atoms with van der Waals surface area (Å²) in [6, 6.07) is 0. The number of primary amides is 1. The molecule has 0 aliphatic carbocycles. The fourth-order valence-corrected chi connectivity index (χ4v) is 3.57. The number of thiazole rings is 1. The van der Waals surface area contributed by atoms with Crippen LogP contribution in [0, 0.1) is 6.92 Å². The summed E-state index contributed by atoms with van der Waals surface area (Å²) in [6.07, 6.45) is 1.78. The number of H-pyrrole nitrogens is 2. The van der Waals surface area contributed by atoms with Gasteiger partial charge >= 0.3 is 0 Å². The molecule has 0 bridgehead atoms. The molecule has 0 aromatic carbocycles. The summed E-state index contributed by atoms with van der Waals surface area (Å²) in [5.41, 5.74) is 6.74. The average Bonchev–Trinajstić information content (AvgIpc) is 3.03. The van der Waals surface area contributed by atoms with Crippen LogP contribution in [0.15, 0.2) is 16.4 Å². The lowest BCUT2D eigenvalue weighted by Crippen LogP contribution is -2.21. The van der Waals surface area contributed by atoms with Crippen LogP contribution in [0.5, 0.6) is 0 Å². The average molecular weight is 326 g/mol. The second-order valence-electron chi connectivity index (χ2n) is 4.68. The van der Waals surface area contributed by atoms with E-state index in [2.05, 4.69) is 15.2 Å². The Morgan fingerprint density at radius 3 is 2.95 bits per heavy atom. The topological polar surface area (TPSA) is 109 Å². The predicted molar refractivity (Wildman–Crippen MR) is 79.9 cm³/mol. The minimum absolute atomic E-state index is 0.0227. The molecule has 0 spiro atoms. The van der Waals surface area contributed by atoms with Gasteiger partial charge in [-0.3, -0.25) is 19.1 Å². The molecular formula is C12H12ClN5O2S. The molecule has 0 radical (unpaired) electrons. The molecule has 7 nitrogen and oxygen atoms in total. The normalized spacial score (nSPS) is 12.9. The molecule has 1 amide bonds. The van der Waals surface area contributed by atoms with Crippen LogP contribution in [0.4, 0.5) is 0 Å². The molecule has 9 heteroatoms. The van der Waals surface area contributed by atoms with E-state index >= 15 is 0 Å². The van der Waals surface area contributed by atoms with Crippen LogP contribution in [0.3, 0.4) is 0 Å². The third kappa shape index (κ3) is 2.26. The van der Waals surface area contributed by atoms with E-state index in [1.54, 1.807) is 17.5 Å². The highest BCUT2D eigenvalue weighted by molar-refractivity contribution is 7.15. The maximum Gasteiger partial charge on any atom is 0.268 e. The molecule has 0 fully saturated rings. The van der Waals surface area contributed by atoms with Crippen molar-refractivity contribution in [1.29, 1.82) is 0 Å². The number of nitrogens with two attached hydrogens (primary N) is 1. The van der Waals surface area contributed by atoms with Gasteiger partial charge in [0.1, 0.15) is 0 Å². The van der Waals surface area contributed by atoms with Crippen LogP contribution < -0.4 is 11.3 Å². The van der Waals surface area contributed by atoms with Crippen molar-refractivity contribution in [2.24, 2.45) is 5.73 Å². The summed E-state index contributed by atoms with van der Waals surface area (Å²) in [4.78, 5) is 28.4. The number of rotatable bonds is 4. The van der Waals surface area contributed by atoms with Crippen LogP contribution >= 0.6 is 22.9 Å². The van der Waals surface area contributed by atoms with Gasteiger partial charge in [-0.1, -0.05) is 11.6 Å². The molecule has 0 aliphatic heterocycles. The second kappa shape index (κ2) is 5.05. The lowest BCUT2D eigenvalue weighted by Gasteiger charge is -2.14. The van der Waals surface area contributed by atoms with E-state index in [1.807, 2.05) is 5.38 Å². The molecule has 3 aromatic heterocycles. The van der Waals surface area contributed by atoms with E-state index in [4.69, 9.17) is 17.3 Å². The van der Waals surface area contributed by atoms with Crippen molar-refractivity contribution >= 4 is 33.8 Å². The van der Waals surface area contributed by atoms with E-state index in [0.717, 1.165) is 0 Å². The third-order valence-electron chi connectivity index (χ3n) is 3.35. The first kappa shape index (κ1) is 13.9. The smallest absolute Gasteiger partial charge is 0.268 e. The first-order valence-corrected chi connectivity index (χ1v) is 7.41. The summed E-state index contributed by atoms with van der Waals surface area (Å²) >= 11 is 7.63. The number of carbonyl (C=O) groups is 1. The molecular weight excluding hydrogens is 314 g/mol. The van der Waals surface area contributed by atoms with E-state index in [1.165, 1.54) is 11.3 Å². The van der Waals surface area contributed by atoms with Gasteiger partial charge in [-0.2, -0.15) is 0 Å². The number of carbonyl (C=O) groups excluding carboxylic acids is 1. The lowest BCUT2D eigenvalue weighted by molar-refractivity contribution is -0.118. The first-order valence-electron chi connectivity index (χ1n) is 6.15. The zero-order valence-corrected chi connectivity index (χ0v) is 12.6. The minimum Gasteiger partial charge on any atom is -0.370 e. The second-order valence-corrected chi connectivity index (χ2v) is 5.92. The van der Waals surface area contributed by atoms with Gasteiger partial charge < -0.3 is 10.8 Å². The van der Waals surface area contributed by atoms with E-state index in [-0.39, 0.29) is 17.1 Å². The molecule has 4 N–H and O–H groups in total. The monoisotopic (exact) mass is 325 g/mol. The van der Waals surface area contributed by atoms with Crippen LogP contribution in [0.1, 0.15) is 29.3 Å². The third-order valence-corrected chi connectivity index (χ3v) is 4.38. The van der Waals surface area contributed by atoms with E-state index in [0.29, 0.717) is 21.9 Å². The van der Waals surface area contributed by atoms with Gasteiger partial charge in [0.05, 0.1) is 5.69 Å².